The summed E-state index contributed by atoms with van der Waals surface area (Å²) < 4.78 is 21.0. The van der Waals surface area contributed by atoms with Crippen LogP contribution in [-0.2, 0) is 19.4 Å². The quantitative estimate of drug-likeness (QED) is 0.282. The molecule has 1 aromatic carbocycles. The number of amides is 1. The summed E-state index contributed by atoms with van der Waals surface area (Å²) in [6, 6.07) is 10.4. The fraction of sp³-hybridized carbons (Fsp3) is 0.259. The summed E-state index contributed by atoms with van der Waals surface area (Å²) in [4.78, 5) is 19.3. The van der Waals surface area contributed by atoms with Crippen molar-refractivity contribution in [3.63, 3.8) is 0 Å². The van der Waals surface area contributed by atoms with Gasteiger partial charge < -0.3 is 14.3 Å². The Labute approximate surface area is 212 Å². The summed E-state index contributed by atoms with van der Waals surface area (Å²) in [6.45, 7) is 4.31. The Bertz CT molecular complexity index is 1420. The zero-order chi connectivity index (χ0) is 24.5. The van der Waals surface area contributed by atoms with Crippen molar-refractivity contribution in [1.29, 1.82) is 0 Å². The number of furan rings is 1. The molecule has 180 valence electrons. The van der Waals surface area contributed by atoms with Gasteiger partial charge in [-0.05, 0) is 81.5 Å². The largest absolute Gasteiger partial charge is 0.467 e. The predicted molar refractivity (Wildman–Crippen MR) is 138 cm³/mol. The number of carbonyl (C=O) groups is 1. The molecule has 0 atom stereocenters. The first-order chi connectivity index (χ1) is 16.9. The topological polar surface area (TPSA) is 59.5 Å². The molecule has 5 rings (SSSR count). The van der Waals surface area contributed by atoms with Crippen molar-refractivity contribution in [2.45, 2.75) is 46.1 Å². The van der Waals surface area contributed by atoms with Crippen LogP contribution in [-0.4, -0.2) is 16.7 Å². The first-order valence-electron chi connectivity index (χ1n) is 11.6. The molecule has 35 heavy (non-hydrogen) atoms. The first-order valence-corrected chi connectivity index (χ1v) is 12.8. The molecule has 0 unspecified atom stereocenters. The van der Waals surface area contributed by atoms with Gasteiger partial charge in [-0.1, -0.05) is 11.6 Å². The maximum absolute atomic E-state index is 13.7. The van der Waals surface area contributed by atoms with Gasteiger partial charge in [0, 0.05) is 33.7 Å². The van der Waals surface area contributed by atoms with Crippen molar-refractivity contribution in [3.8, 4) is 5.69 Å². The van der Waals surface area contributed by atoms with E-state index < -0.39 is 5.82 Å². The van der Waals surface area contributed by atoms with E-state index in [4.69, 9.17) is 21.0 Å². The lowest BCUT2D eigenvalue weighted by atomic mass is 9.95. The average Bonchev–Trinajstić information content (AvgIpc) is 3.56. The minimum absolute atomic E-state index is 0.0829. The van der Waals surface area contributed by atoms with E-state index in [2.05, 4.69) is 5.32 Å². The zero-order valence-corrected chi connectivity index (χ0v) is 21.1. The fourth-order valence-electron chi connectivity index (χ4n) is 4.61. The van der Waals surface area contributed by atoms with E-state index in [0.717, 1.165) is 58.9 Å². The van der Waals surface area contributed by atoms with Crippen LogP contribution < -0.4 is 5.32 Å². The smallest absolute Gasteiger partial charge is 0.255 e. The summed E-state index contributed by atoms with van der Waals surface area (Å²) in [5.74, 6) is 0.138. The third kappa shape index (κ3) is 4.70. The van der Waals surface area contributed by atoms with Gasteiger partial charge in [-0.25, -0.2) is 9.38 Å². The summed E-state index contributed by atoms with van der Waals surface area (Å²) >= 11 is 7.62. The molecule has 1 N–H and O–H groups in total. The second-order valence-electron chi connectivity index (χ2n) is 8.67. The number of aliphatic imine (C=N–C) groups is 1. The van der Waals surface area contributed by atoms with E-state index in [1.807, 2.05) is 36.8 Å². The van der Waals surface area contributed by atoms with E-state index in [1.54, 1.807) is 35.8 Å². The Morgan fingerprint density at radius 2 is 2.09 bits per heavy atom. The Kier molecular flexibility index (Phi) is 6.62. The van der Waals surface area contributed by atoms with E-state index >= 15 is 0 Å². The molecule has 3 heterocycles. The average molecular weight is 510 g/mol. The summed E-state index contributed by atoms with van der Waals surface area (Å²) in [6.07, 6.45) is 7.49. The maximum Gasteiger partial charge on any atom is 0.255 e. The number of benzene rings is 1. The number of carbonyl (C=O) groups excluding carboxylic acids is 1. The van der Waals surface area contributed by atoms with Crippen LogP contribution in [0.25, 0.3) is 5.69 Å². The number of rotatable bonds is 6. The molecule has 0 saturated carbocycles. The molecular weight excluding hydrogens is 485 g/mol. The predicted octanol–water partition coefficient (Wildman–Crippen LogP) is 7.10. The van der Waals surface area contributed by atoms with E-state index in [-0.39, 0.29) is 10.9 Å². The van der Waals surface area contributed by atoms with Gasteiger partial charge in [0.2, 0.25) is 0 Å². The highest BCUT2D eigenvalue weighted by molar-refractivity contribution is 7.16. The summed E-state index contributed by atoms with van der Waals surface area (Å²) in [5, 5.41) is 3.79. The Morgan fingerprint density at radius 1 is 1.26 bits per heavy atom. The molecule has 0 fully saturated rings. The number of hydrogen-bond acceptors (Lipinski definition) is 4. The molecule has 0 spiro atoms. The van der Waals surface area contributed by atoms with Gasteiger partial charge >= 0.3 is 0 Å². The highest BCUT2D eigenvalue weighted by atomic mass is 35.5. The minimum Gasteiger partial charge on any atom is -0.467 e. The third-order valence-corrected chi connectivity index (χ3v) is 7.83. The first kappa shape index (κ1) is 23.6. The van der Waals surface area contributed by atoms with Crippen LogP contribution in [0.1, 0.15) is 56.4 Å². The molecule has 0 saturated heterocycles. The molecule has 8 heteroatoms. The number of halogens is 2. The van der Waals surface area contributed by atoms with Gasteiger partial charge in [-0.2, -0.15) is 0 Å². The Morgan fingerprint density at radius 3 is 2.86 bits per heavy atom. The number of nitrogens with zero attached hydrogens (tertiary/aromatic N) is 2. The number of hydrogen-bond donors (Lipinski definition) is 1. The molecular formula is C27H25ClFN3O2S. The zero-order valence-electron chi connectivity index (χ0n) is 19.5. The lowest BCUT2D eigenvalue weighted by molar-refractivity contribution is 0.0948. The molecule has 1 amide bonds. The molecule has 1 aliphatic rings. The van der Waals surface area contributed by atoms with Crippen LogP contribution in [0.4, 0.5) is 9.39 Å². The second kappa shape index (κ2) is 9.84. The van der Waals surface area contributed by atoms with Crippen LogP contribution in [0, 0.1) is 19.7 Å². The lowest BCUT2D eigenvalue weighted by Crippen LogP contribution is -2.23. The van der Waals surface area contributed by atoms with Crippen molar-refractivity contribution in [1.82, 2.24) is 9.88 Å². The lowest BCUT2D eigenvalue weighted by Gasteiger charge is -2.12. The van der Waals surface area contributed by atoms with Crippen LogP contribution in [0.5, 0.6) is 0 Å². The molecule has 4 aromatic rings. The molecule has 1 aliphatic carbocycles. The minimum atomic E-state index is -0.445. The number of nitrogens with one attached hydrogen (secondary N) is 1. The highest BCUT2D eigenvalue weighted by Gasteiger charge is 2.25. The standard InChI is InChI=1S/C27H25ClFN3O2S/c1-16-12-18(17(2)32(16)19-9-10-23(29)22(28)13-19)14-31-27-25(21-7-3-4-8-24(21)35-27)26(33)30-15-20-6-5-11-34-20/h5-6,9-14H,3-4,7-8,15H2,1-2H3,(H,30,33). The van der Waals surface area contributed by atoms with Gasteiger partial charge in [0.1, 0.15) is 16.6 Å². The van der Waals surface area contributed by atoms with Crippen LogP contribution in [0.3, 0.4) is 0 Å². The summed E-state index contributed by atoms with van der Waals surface area (Å²) in [7, 11) is 0. The number of aryl methyl sites for hydroxylation is 2. The molecule has 3 aromatic heterocycles. The second-order valence-corrected chi connectivity index (χ2v) is 10.2. The Hall–Kier alpha value is -3.16. The van der Waals surface area contributed by atoms with Crippen molar-refractivity contribution < 1.29 is 13.6 Å². The van der Waals surface area contributed by atoms with Gasteiger partial charge in [0.05, 0.1) is 23.4 Å². The fourth-order valence-corrected chi connectivity index (χ4v) is 6.02. The van der Waals surface area contributed by atoms with Crippen molar-refractivity contribution >= 4 is 40.1 Å². The summed E-state index contributed by atoms with van der Waals surface area (Å²) in [5.41, 5.74) is 5.45. The van der Waals surface area contributed by atoms with Crippen LogP contribution >= 0.6 is 22.9 Å². The monoisotopic (exact) mass is 509 g/mol. The van der Waals surface area contributed by atoms with Crippen molar-refractivity contribution in [2.75, 3.05) is 0 Å². The molecule has 5 nitrogen and oxygen atoms in total. The van der Waals surface area contributed by atoms with Gasteiger partial charge in [0.15, 0.2) is 0 Å². The number of aromatic nitrogens is 1. The van der Waals surface area contributed by atoms with Crippen molar-refractivity contribution in [3.05, 3.63) is 92.2 Å². The van der Waals surface area contributed by atoms with E-state index in [0.29, 0.717) is 17.9 Å². The van der Waals surface area contributed by atoms with Gasteiger partial charge in [0.25, 0.3) is 5.91 Å². The van der Waals surface area contributed by atoms with Crippen molar-refractivity contribution in [2.24, 2.45) is 4.99 Å². The van der Waals surface area contributed by atoms with E-state index in [9.17, 15) is 9.18 Å². The normalized spacial score (nSPS) is 13.4. The van der Waals surface area contributed by atoms with Gasteiger partial charge in [-0.15, -0.1) is 11.3 Å². The maximum atomic E-state index is 13.7. The molecule has 0 bridgehead atoms. The SMILES string of the molecule is Cc1cc(C=Nc2sc3c(c2C(=O)NCc2ccco2)CCCC3)c(C)n1-c1ccc(F)c(Cl)c1. The van der Waals surface area contributed by atoms with Crippen LogP contribution in [0.15, 0.2) is 52.1 Å². The highest BCUT2D eigenvalue weighted by Crippen LogP contribution is 2.40. The third-order valence-electron chi connectivity index (χ3n) is 6.34. The van der Waals surface area contributed by atoms with Crippen LogP contribution in [0.2, 0.25) is 5.02 Å². The number of thiophene rings is 1. The number of fused-ring (bicyclic) bond motifs is 1. The molecule has 0 radical (unpaired) electrons. The van der Waals surface area contributed by atoms with Gasteiger partial charge in [-0.3, -0.25) is 4.79 Å². The molecule has 0 aliphatic heterocycles. The Balaban J connectivity index is 1.46. The van der Waals surface area contributed by atoms with E-state index in [1.165, 1.54) is 10.9 Å².